The lowest BCUT2D eigenvalue weighted by Gasteiger charge is -2.07. The van der Waals surface area contributed by atoms with Gasteiger partial charge in [-0.3, -0.25) is 0 Å². The Kier molecular flexibility index (Phi) is 3.02. The second kappa shape index (κ2) is 3.87. The van der Waals surface area contributed by atoms with Crippen LogP contribution in [0.1, 0.15) is 12.1 Å². The number of alkyl halides is 2. The van der Waals surface area contributed by atoms with E-state index in [0.29, 0.717) is 4.47 Å². The van der Waals surface area contributed by atoms with E-state index in [1.807, 2.05) is 0 Å². The number of pyridine rings is 1. The number of aromatic nitrogens is 1. The van der Waals surface area contributed by atoms with Crippen LogP contribution in [0.5, 0.6) is 5.88 Å². The normalized spacial score (nSPS) is 10.5. The van der Waals surface area contributed by atoms with Gasteiger partial charge in [-0.25, -0.2) is 13.8 Å². The Bertz CT molecular complexity index is 320. The fourth-order valence-corrected chi connectivity index (χ4v) is 1.19. The molecule has 1 aromatic heterocycles. The first-order chi connectivity index (χ1) is 6.06. The number of nitrogens with two attached hydrogens (primary N) is 1. The maximum absolute atomic E-state index is 12.2. The van der Waals surface area contributed by atoms with Crippen molar-refractivity contribution in [2.45, 2.75) is 6.43 Å². The summed E-state index contributed by atoms with van der Waals surface area (Å²) in [7, 11) is 1.32. The lowest BCUT2D eigenvalue weighted by Crippen LogP contribution is -2.00. The molecule has 0 aromatic carbocycles. The highest BCUT2D eigenvalue weighted by molar-refractivity contribution is 9.10. The van der Waals surface area contributed by atoms with Crippen LogP contribution in [0.15, 0.2) is 10.5 Å². The van der Waals surface area contributed by atoms with Crippen LogP contribution >= 0.6 is 15.9 Å². The monoisotopic (exact) mass is 252 g/mol. The van der Waals surface area contributed by atoms with Crippen molar-refractivity contribution in [2.24, 2.45) is 0 Å². The maximum Gasteiger partial charge on any atom is 0.280 e. The summed E-state index contributed by atoms with van der Waals surface area (Å²) in [4.78, 5) is 3.52. The molecule has 2 N–H and O–H groups in total. The fraction of sp³-hybridized carbons (Fsp3) is 0.286. The lowest BCUT2D eigenvalue weighted by molar-refractivity contribution is 0.145. The van der Waals surface area contributed by atoms with Crippen LogP contribution in [-0.4, -0.2) is 12.1 Å². The van der Waals surface area contributed by atoms with Crippen molar-refractivity contribution >= 4 is 21.6 Å². The summed E-state index contributed by atoms with van der Waals surface area (Å²) in [6.07, 6.45) is -2.63. The summed E-state index contributed by atoms with van der Waals surface area (Å²) < 4.78 is 29.5. The van der Waals surface area contributed by atoms with Gasteiger partial charge in [0.1, 0.15) is 11.4 Å². The molecule has 1 rings (SSSR count). The second-order valence-electron chi connectivity index (χ2n) is 2.25. The van der Waals surface area contributed by atoms with E-state index >= 15 is 0 Å². The maximum atomic E-state index is 12.2. The number of rotatable bonds is 2. The molecule has 0 saturated heterocycles. The van der Waals surface area contributed by atoms with Crippen LogP contribution in [0.2, 0.25) is 0 Å². The van der Waals surface area contributed by atoms with E-state index in [1.165, 1.54) is 13.2 Å². The molecular weight excluding hydrogens is 246 g/mol. The minimum Gasteiger partial charge on any atom is -0.479 e. The van der Waals surface area contributed by atoms with Crippen LogP contribution in [-0.2, 0) is 0 Å². The molecule has 0 aliphatic heterocycles. The van der Waals surface area contributed by atoms with Crippen molar-refractivity contribution < 1.29 is 13.5 Å². The van der Waals surface area contributed by atoms with Gasteiger partial charge in [0, 0.05) is 4.47 Å². The Morgan fingerprint density at radius 2 is 2.23 bits per heavy atom. The van der Waals surface area contributed by atoms with Gasteiger partial charge < -0.3 is 10.5 Å². The molecule has 0 unspecified atom stereocenters. The molecule has 1 aromatic rings. The SMILES string of the molecule is COc1nc(C(F)F)cc(Br)c1N. The summed E-state index contributed by atoms with van der Waals surface area (Å²) in [5.41, 5.74) is 5.33. The summed E-state index contributed by atoms with van der Waals surface area (Å²) in [5, 5.41) is 0. The zero-order valence-electron chi connectivity index (χ0n) is 6.72. The number of nitrogen functional groups attached to an aromatic ring is 1. The fourth-order valence-electron chi connectivity index (χ4n) is 0.787. The van der Waals surface area contributed by atoms with Crippen molar-refractivity contribution in [1.29, 1.82) is 0 Å². The Labute approximate surface area is 82.0 Å². The molecule has 1 heterocycles. The van der Waals surface area contributed by atoms with Gasteiger partial charge in [-0.2, -0.15) is 0 Å². The molecule has 13 heavy (non-hydrogen) atoms. The third kappa shape index (κ3) is 2.06. The molecule has 0 saturated carbocycles. The van der Waals surface area contributed by atoms with Gasteiger partial charge in [0.05, 0.1) is 7.11 Å². The zero-order valence-corrected chi connectivity index (χ0v) is 8.31. The smallest absolute Gasteiger partial charge is 0.280 e. The standard InChI is InChI=1S/C7H7BrF2N2O/c1-13-7-5(11)3(8)2-4(12-7)6(9)10/h2,6H,11H2,1H3. The first kappa shape index (κ1) is 10.2. The van der Waals surface area contributed by atoms with Crippen LogP contribution in [0, 0.1) is 0 Å². The van der Waals surface area contributed by atoms with Gasteiger partial charge in [0.25, 0.3) is 6.43 Å². The zero-order chi connectivity index (χ0) is 10.0. The molecule has 6 heteroatoms. The van der Waals surface area contributed by atoms with Crippen LogP contribution in [0.4, 0.5) is 14.5 Å². The predicted octanol–water partition coefficient (Wildman–Crippen LogP) is 2.37. The highest BCUT2D eigenvalue weighted by atomic mass is 79.9. The Hall–Kier alpha value is -0.910. The number of methoxy groups -OCH3 is 1. The van der Waals surface area contributed by atoms with Gasteiger partial charge >= 0.3 is 0 Å². The summed E-state index contributed by atoms with van der Waals surface area (Å²) in [6, 6.07) is 1.17. The van der Waals surface area contributed by atoms with Crippen molar-refractivity contribution in [3.63, 3.8) is 0 Å². The molecule has 0 bridgehead atoms. The van der Waals surface area contributed by atoms with E-state index in [-0.39, 0.29) is 17.3 Å². The van der Waals surface area contributed by atoms with Gasteiger partial charge in [0.15, 0.2) is 0 Å². The molecule has 0 atom stereocenters. The number of nitrogens with zero attached hydrogens (tertiary/aromatic N) is 1. The Morgan fingerprint density at radius 1 is 1.62 bits per heavy atom. The van der Waals surface area contributed by atoms with Crippen LogP contribution in [0.25, 0.3) is 0 Å². The van der Waals surface area contributed by atoms with Crippen molar-refractivity contribution in [3.8, 4) is 5.88 Å². The third-order valence-corrected chi connectivity index (χ3v) is 2.07. The van der Waals surface area contributed by atoms with Crippen LogP contribution in [0.3, 0.4) is 0 Å². The molecule has 0 radical (unpaired) electrons. The first-order valence-corrected chi connectivity index (χ1v) is 4.13. The average molecular weight is 253 g/mol. The third-order valence-electron chi connectivity index (χ3n) is 1.41. The number of anilines is 1. The molecule has 0 aliphatic carbocycles. The highest BCUT2D eigenvalue weighted by Gasteiger charge is 2.14. The molecule has 0 spiro atoms. The number of halogens is 3. The minimum absolute atomic E-state index is 0.00433. The summed E-state index contributed by atoms with van der Waals surface area (Å²) in [6.45, 7) is 0. The first-order valence-electron chi connectivity index (χ1n) is 3.34. The van der Waals surface area contributed by atoms with Gasteiger partial charge in [-0.15, -0.1) is 0 Å². The molecule has 0 fully saturated rings. The van der Waals surface area contributed by atoms with Gasteiger partial charge in [0.2, 0.25) is 5.88 Å². The van der Waals surface area contributed by atoms with Crippen molar-refractivity contribution in [1.82, 2.24) is 4.98 Å². The molecule has 0 aliphatic rings. The van der Waals surface area contributed by atoms with E-state index in [1.54, 1.807) is 0 Å². The van der Waals surface area contributed by atoms with E-state index in [2.05, 4.69) is 20.9 Å². The topological polar surface area (TPSA) is 48.1 Å². The minimum atomic E-state index is -2.63. The summed E-state index contributed by atoms with van der Waals surface area (Å²) >= 11 is 3.03. The van der Waals surface area contributed by atoms with E-state index in [0.717, 1.165) is 0 Å². The van der Waals surface area contributed by atoms with E-state index < -0.39 is 6.43 Å². The lowest BCUT2D eigenvalue weighted by atomic mass is 10.3. The number of hydrogen-bond donors (Lipinski definition) is 1. The quantitative estimate of drug-likeness (QED) is 0.880. The average Bonchev–Trinajstić information content (AvgIpc) is 2.09. The molecule has 3 nitrogen and oxygen atoms in total. The number of hydrogen-bond acceptors (Lipinski definition) is 3. The predicted molar refractivity (Wildman–Crippen MR) is 47.9 cm³/mol. The Morgan fingerprint density at radius 3 is 2.69 bits per heavy atom. The number of ether oxygens (including phenoxy) is 1. The van der Waals surface area contributed by atoms with Crippen molar-refractivity contribution in [3.05, 3.63) is 16.2 Å². The van der Waals surface area contributed by atoms with Crippen LogP contribution < -0.4 is 10.5 Å². The van der Waals surface area contributed by atoms with E-state index in [4.69, 9.17) is 10.5 Å². The van der Waals surface area contributed by atoms with Gasteiger partial charge in [-0.05, 0) is 22.0 Å². The molecule has 72 valence electrons. The summed E-state index contributed by atoms with van der Waals surface area (Å²) in [5.74, 6) is 0.00433. The Balaban J connectivity index is 3.22. The van der Waals surface area contributed by atoms with Gasteiger partial charge in [-0.1, -0.05) is 0 Å². The van der Waals surface area contributed by atoms with E-state index in [9.17, 15) is 8.78 Å². The molecular formula is C7H7BrF2N2O. The second-order valence-corrected chi connectivity index (χ2v) is 3.11. The van der Waals surface area contributed by atoms with Crippen molar-refractivity contribution in [2.75, 3.05) is 12.8 Å². The largest absolute Gasteiger partial charge is 0.479 e. The molecule has 0 amide bonds. The highest BCUT2D eigenvalue weighted by Crippen LogP contribution is 2.31.